The lowest BCUT2D eigenvalue weighted by molar-refractivity contribution is 0.0697. The predicted molar refractivity (Wildman–Crippen MR) is 70.0 cm³/mol. The summed E-state index contributed by atoms with van der Waals surface area (Å²) < 4.78 is 0. The first-order valence-electron chi connectivity index (χ1n) is 5.65. The molecule has 0 bridgehead atoms. The van der Waals surface area contributed by atoms with Crippen LogP contribution in [0.25, 0.3) is 11.3 Å². The summed E-state index contributed by atoms with van der Waals surface area (Å²) in [7, 11) is 1.52. The third-order valence-corrected chi connectivity index (χ3v) is 2.64. The Bertz CT molecular complexity index is 638. The van der Waals surface area contributed by atoms with Crippen molar-refractivity contribution in [2.45, 2.75) is 0 Å². The smallest absolute Gasteiger partial charge is 0.336 e. The Balaban J connectivity index is 2.54. The number of carboxylic acid groups (broad SMARTS) is 1. The zero-order valence-electron chi connectivity index (χ0n) is 10.3. The number of hydrogen-bond donors (Lipinski definition) is 2. The van der Waals surface area contributed by atoms with Crippen LogP contribution in [0.5, 0.6) is 0 Å². The van der Waals surface area contributed by atoms with Gasteiger partial charge in [0, 0.05) is 12.6 Å². The maximum atomic E-state index is 11.5. The standard InChI is InChI=1S/C14H12N2O3/c1-15-13(17)12-8-4-7-11(16-12)9-5-2-3-6-10(9)14(18)19/h2-8H,1H3,(H,15,17)(H,18,19). The number of carboxylic acids is 1. The van der Waals surface area contributed by atoms with E-state index in [9.17, 15) is 9.59 Å². The fourth-order valence-electron chi connectivity index (χ4n) is 1.73. The molecule has 1 aromatic heterocycles. The Morgan fingerprint density at radius 1 is 1.11 bits per heavy atom. The van der Waals surface area contributed by atoms with Gasteiger partial charge in [-0.3, -0.25) is 4.79 Å². The quantitative estimate of drug-likeness (QED) is 0.877. The molecule has 5 heteroatoms. The largest absolute Gasteiger partial charge is 0.478 e. The molecule has 0 fully saturated rings. The molecule has 2 aromatic rings. The van der Waals surface area contributed by atoms with Gasteiger partial charge in [-0.2, -0.15) is 0 Å². The number of benzene rings is 1. The molecule has 0 atom stereocenters. The van der Waals surface area contributed by atoms with Crippen molar-refractivity contribution in [2.24, 2.45) is 0 Å². The summed E-state index contributed by atoms with van der Waals surface area (Å²) in [6, 6.07) is 11.5. The molecule has 1 aromatic carbocycles. The van der Waals surface area contributed by atoms with Gasteiger partial charge in [-0.25, -0.2) is 9.78 Å². The first kappa shape index (κ1) is 12.8. The SMILES string of the molecule is CNC(=O)c1cccc(-c2ccccc2C(=O)O)n1. The topological polar surface area (TPSA) is 79.3 Å². The van der Waals surface area contributed by atoms with E-state index in [4.69, 9.17) is 5.11 Å². The number of nitrogens with one attached hydrogen (secondary N) is 1. The van der Waals surface area contributed by atoms with E-state index in [1.165, 1.54) is 13.1 Å². The Morgan fingerprint density at radius 3 is 2.53 bits per heavy atom. The van der Waals surface area contributed by atoms with E-state index >= 15 is 0 Å². The number of amides is 1. The summed E-state index contributed by atoms with van der Waals surface area (Å²) in [4.78, 5) is 26.9. The molecule has 96 valence electrons. The molecule has 2 N–H and O–H groups in total. The van der Waals surface area contributed by atoms with Crippen molar-refractivity contribution >= 4 is 11.9 Å². The third kappa shape index (κ3) is 2.60. The second-order valence-corrected chi connectivity index (χ2v) is 3.84. The Labute approximate surface area is 109 Å². The molecule has 1 amide bonds. The van der Waals surface area contributed by atoms with E-state index in [1.807, 2.05) is 0 Å². The van der Waals surface area contributed by atoms with Crippen LogP contribution in [-0.4, -0.2) is 29.0 Å². The van der Waals surface area contributed by atoms with E-state index < -0.39 is 5.97 Å². The highest BCUT2D eigenvalue weighted by atomic mass is 16.4. The second kappa shape index (κ2) is 5.30. The van der Waals surface area contributed by atoms with E-state index in [0.717, 1.165) is 0 Å². The minimum absolute atomic E-state index is 0.157. The maximum absolute atomic E-state index is 11.5. The zero-order chi connectivity index (χ0) is 13.8. The number of hydrogen-bond acceptors (Lipinski definition) is 3. The lowest BCUT2D eigenvalue weighted by Crippen LogP contribution is -2.19. The van der Waals surface area contributed by atoms with Crippen LogP contribution in [0.3, 0.4) is 0 Å². The number of nitrogens with zero attached hydrogens (tertiary/aromatic N) is 1. The zero-order valence-corrected chi connectivity index (χ0v) is 10.3. The maximum Gasteiger partial charge on any atom is 0.336 e. The van der Waals surface area contributed by atoms with Gasteiger partial charge in [0.05, 0.1) is 11.3 Å². The van der Waals surface area contributed by atoms with Crippen LogP contribution in [0, 0.1) is 0 Å². The fraction of sp³-hybridized carbons (Fsp3) is 0.0714. The van der Waals surface area contributed by atoms with Crippen molar-refractivity contribution in [1.82, 2.24) is 10.3 Å². The minimum atomic E-state index is -1.03. The lowest BCUT2D eigenvalue weighted by atomic mass is 10.0. The number of aromatic carboxylic acids is 1. The van der Waals surface area contributed by atoms with Gasteiger partial charge in [-0.1, -0.05) is 24.3 Å². The van der Waals surface area contributed by atoms with Crippen LogP contribution < -0.4 is 5.32 Å². The average Bonchev–Trinajstić information content (AvgIpc) is 2.46. The van der Waals surface area contributed by atoms with Crippen LogP contribution in [0.2, 0.25) is 0 Å². The van der Waals surface area contributed by atoms with E-state index in [2.05, 4.69) is 10.3 Å². The second-order valence-electron chi connectivity index (χ2n) is 3.84. The molecule has 2 rings (SSSR count). The molecule has 0 saturated heterocycles. The van der Waals surface area contributed by atoms with Crippen molar-refractivity contribution in [1.29, 1.82) is 0 Å². The van der Waals surface area contributed by atoms with Crippen molar-refractivity contribution in [3.05, 3.63) is 53.7 Å². The summed E-state index contributed by atoms with van der Waals surface area (Å²) in [5, 5.41) is 11.6. The van der Waals surface area contributed by atoms with E-state index in [-0.39, 0.29) is 17.2 Å². The number of aromatic nitrogens is 1. The van der Waals surface area contributed by atoms with Gasteiger partial charge in [-0.15, -0.1) is 0 Å². The molecule has 1 heterocycles. The summed E-state index contributed by atoms with van der Waals surface area (Å²) in [6.45, 7) is 0. The monoisotopic (exact) mass is 256 g/mol. The molecule has 0 unspecified atom stereocenters. The van der Waals surface area contributed by atoms with Crippen molar-refractivity contribution in [3.8, 4) is 11.3 Å². The summed E-state index contributed by atoms with van der Waals surface area (Å²) >= 11 is 0. The number of carbonyl (C=O) groups excluding carboxylic acids is 1. The van der Waals surface area contributed by atoms with E-state index in [0.29, 0.717) is 11.3 Å². The third-order valence-electron chi connectivity index (χ3n) is 2.64. The highest BCUT2D eigenvalue weighted by Crippen LogP contribution is 2.22. The molecular weight excluding hydrogens is 244 g/mol. The molecule has 0 radical (unpaired) electrons. The van der Waals surface area contributed by atoms with Gasteiger partial charge in [0.1, 0.15) is 5.69 Å². The predicted octanol–water partition coefficient (Wildman–Crippen LogP) is 1.81. The normalized spacial score (nSPS) is 9.95. The Kier molecular flexibility index (Phi) is 3.56. The van der Waals surface area contributed by atoms with Crippen molar-refractivity contribution in [3.63, 3.8) is 0 Å². The molecule has 5 nitrogen and oxygen atoms in total. The van der Waals surface area contributed by atoms with Crippen molar-refractivity contribution in [2.75, 3.05) is 7.05 Å². The summed E-state index contributed by atoms with van der Waals surface area (Å²) in [5.41, 5.74) is 1.35. The summed E-state index contributed by atoms with van der Waals surface area (Å²) in [6.07, 6.45) is 0. The molecule has 0 aliphatic carbocycles. The molecular formula is C14H12N2O3. The number of carbonyl (C=O) groups is 2. The fourth-order valence-corrected chi connectivity index (χ4v) is 1.73. The molecule has 0 saturated carbocycles. The van der Waals surface area contributed by atoms with Crippen LogP contribution in [0.15, 0.2) is 42.5 Å². The van der Waals surface area contributed by atoms with Crippen LogP contribution in [0.4, 0.5) is 0 Å². The highest BCUT2D eigenvalue weighted by molar-refractivity contribution is 5.96. The average molecular weight is 256 g/mol. The van der Waals surface area contributed by atoms with Gasteiger partial charge in [-0.05, 0) is 18.2 Å². The van der Waals surface area contributed by atoms with Crippen LogP contribution >= 0.6 is 0 Å². The Morgan fingerprint density at radius 2 is 1.84 bits per heavy atom. The van der Waals surface area contributed by atoms with Crippen molar-refractivity contribution < 1.29 is 14.7 Å². The van der Waals surface area contributed by atoms with Crippen LogP contribution in [-0.2, 0) is 0 Å². The first-order valence-corrected chi connectivity index (χ1v) is 5.65. The minimum Gasteiger partial charge on any atom is -0.478 e. The highest BCUT2D eigenvalue weighted by Gasteiger charge is 2.13. The van der Waals surface area contributed by atoms with Gasteiger partial charge < -0.3 is 10.4 Å². The summed E-state index contributed by atoms with van der Waals surface area (Å²) in [5.74, 6) is -1.34. The van der Waals surface area contributed by atoms with E-state index in [1.54, 1.807) is 36.4 Å². The van der Waals surface area contributed by atoms with Gasteiger partial charge in [0.15, 0.2) is 0 Å². The lowest BCUT2D eigenvalue weighted by Gasteiger charge is -2.06. The first-order chi connectivity index (χ1) is 9.13. The van der Waals surface area contributed by atoms with Gasteiger partial charge >= 0.3 is 5.97 Å². The number of pyridine rings is 1. The Hall–Kier alpha value is -2.69. The molecule has 0 spiro atoms. The number of rotatable bonds is 3. The molecule has 0 aliphatic heterocycles. The van der Waals surface area contributed by atoms with Crippen LogP contribution in [0.1, 0.15) is 20.8 Å². The molecule has 19 heavy (non-hydrogen) atoms. The van der Waals surface area contributed by atoms with Gasteiger partial charge in [0.25, 0.3) is 5.91 Å². The van der Waals surface area contributed by atoms with Gasteiger partial charge in [0.2, 0.25) is 0 Å². The molecule has 0 aliphatic rings.